The summed E-state index contributed by atoms with van der Waals surface area (Å²) in [6, 6.07) is 5.63. The zero-order valence-corrected chi connectivity index (χ0v) is 20.2. The summed E-state index contributed by atoms with van der Waals surface area (Å²) in [5.41, 5.74) is 7.19. The fraction of sp³-hybridized carbons (Fsp3) is 0.560. The van der Waals surface area contributed by atoms with Crippen LogP contribution in [-0.2, 0) is 11.3 Å². The van der Waals surface area contributed by atoms with E-state index in [1.807, 2.05) is 33.9 Å². The second kappa shape index (κ2) is 10.7. The minimum atomic E-state index is -0.517. The molecule has 2 aromatic heterocycles. The van der Waals surface area contributed by atoms with Crippen molar-refractivity contribution < 1.29 is 14.4 Å². The van der Waals surface area contributed by atoms with Gasteiger partial charge in [0, 0.05) is 43.2 Å². The molecule has 0 bridgehead atoms. The Morgan fingerprint density at radius 1 is 1.09 bits per heavy atom. The number of Topliss-reactive ketones (excluding diaryl/α,β-unsaturated/α-hetero) is 1. The Balaban J connectivity index is 1.36. The molecular weight excluding hydrogens is 436 g/mol. The third-order valence-corrected chi connectivity index (χ3v) is 7.95. The van der Waals surface area contributed by atoms with Crippen LogP contribution in [0.4, 0.5) is 0 Å². The zero-order chi connectivity index (χ0) is 23.4. The minimum Gasteiger partial charge on any atom is -0.366 e. The van der Waals surface area contributed by atoms with E-state index in [4.69, 9.17) is 5.73 Å². The summed E-state index contributed by atoms with van der Waals surface area (Å²) in [7, 11) is 0. The summed E-state index contributed by atoms with van der Waals surface area (Å²) < 4.78 is 1.90. The van der Waals surface area contributed by atoms with Gasteiger partial charge in [0.15, 0.2) is 5.78 Å². The maximum Gasteiger partial charge on any atom is 0.250 e. The first-order chi connectivity index (χ1) is 15.9. The molecule has 0 spiro atoms. The number of carbonyl (C=O) groups excluding carboxylic acids is 3. The predicted molar refractivity (Wildman–Crippen MR) is 130 cm³/mol. The lowest BCUT2D eigenvalue weighted by molar-refractivity contribution is -0.134. The number of amides is 2. The van der Waals surface area contributed by atoms with E-state index in [0.29, 0.717) is 56.3 Å². The molecule has 4 rings (SSSR count). The van der Waals surface area contributed by atoms with Gasteiger partial charge in [-0.15, -0.1) is 11.3 Å². The van der Waals surface area contributed by atoms with Crippen LogP contribution in [0.2, 0.25) is 0 Å². The highest BCUT2D eigenvalue weighted by molar-refractivity contribution is 7.09. The molecule has 2 amide bonds. The summed E-state index contributed by atoms with van der Waals surface area (Å²) in [6.07, 6.45) is 6.83. The normalized spacial score (nSPS) is 17.9. The lowest BCUT2D eigenvalue weighted by Crippen LogP contribution is -2.50. The van der Waals surface area contributed by atoms with Gasteiger partial charge < -0.3 is 15.2 Å². The lowest BCUT2D eigenvalue weighted by atomic mass is 9.86. The second-order valence-electron chi connectivity index (χ2n) is 9.35. The average Bonchev–Trinajstić information content (AvgIpc) is 3.43. The van der Waals surface area contributed by atoms with Gasteiger partial charge >= 0.3 is 0 Å². The van der Waals surface area contributed by atoms with E-state index in [9.17, 15) is 14.4 Å². The largest absolute Gasteiger partial charge is 0.366 e. The third kappa shape index (κ3) is 5.73. The molecule has 2 fully saturated rings. The summed E-state index contributed by atoms with van der Waals surface area (Å²) in [6.45, 7) is 5.37. The molecule has 1 saturated carbocycles. The first-order valence-electron chi connectivity index (χ1n) is 12.0. The predicted octanol–water partition coefficient (Wildman–Crippen LogP) is 3.30. The number of hydrogen-bond donors (Lipinski definition) is 1. The molecule has 1 saturated heterocycles. The van der Waals surface area contributed by atoms with E-state index < -0.39 is 5.91 Å². The van der Waals surface area contributed by atoms with Crippen LogP contribution in [0.5, 0.6) is 0 Å². The number of hydrogen-bond acceptors (Lipinski definition) is 5. The summed E-state index contributed by atoms with van der Waals surface area (Å²) in [5.74, 6) is 0.268. The summed E-state index contributed by atoms with van der Waals surface area (Å²) in [5, 5.41) is 2.00. The van der Waals surface area contributed by atoms with Gasteiger partial charge in [0.1, 0.15) is 0 Å². The number of primary amides is 1. The average molecular weight is 471 g/mol. The molecule has 0 unspecified atom stereocenters. The molecule has 0 atom stereocenters. The van der Waals surface area contributed by atoms with Crippen LogP contribution in [0.3, 0.4) is 0 Å². The molecule has 0 aromatic carbocycles. The summed E-state index contributed by atoms with van der Waals surface area (Å²) in [4.78, 5) is 43.0. The van der Waals surface area contributed by atoms with Crippen LogP contribution in [0.1, 0.15) is 69.9 Å². The first-order valence-corrected chi connectivity index (χ1v) is 12.9. The molecule has 2 N–H and O–H groups in total. The number of rotatable bonds is 8. The van der Waals surface area contributed by atoms with Crippen molar-refractivity contribution in [3.05, 3.63) is 45.4 Å². The molecule has 8 heteroatoms. The Morgan fingerprint density at radius 2 is 1.82 bits per heavy atom. The number of nitrogens with zero attached hydrogens (tertiary/aromatic N) is 3. The van der Waals surface area contributed by atoms with E-state index in [2.05, 4.69) is 4.90 Å². The van der Waals surface area contributed by atoms with Crippen molar-refractivity contribution in [1.29, 1.82) is 0 Å². The Morgan fingerprint density at radius 3 is 2.45 bits per heavy atom. The van der Waals surface area contributed by atoms with E-state index in [0.717, 1.165) is 10.6 Å². The van der Waals surface area contributed by atoms with Crippen molar-refractivity contribution in [3.63, 3.8) is 0 Å². The Bertz CT molecular complexity index is 984. The van der Waals surface area contributed by atoms with Gasteiger partial charge in [0.25, 0.3) is 5.91 Å². The number of aromatic nitrogens is 1. The van der Waals surface area contributed by atoms with Crippen molar-refractivity contribution in [2.75, 3.05) is 32.7 Å². The monoisotopic (exact) mass is 470 g/mol. The molecule has 2 aliphatic rings. The van der Waals surface area contributed by atoms with E-state index in [1.165, 1.54) is 32.1 Å². The van der Waals surface area contributed by atoms with Crippen LogP contribution in [0.15, 0.2) is 23.6 Å². The number of piperazine rings is 1. The highest BCUT2D eigenvalue weighted by atomic mass is 32.1. The van der Waals surface area contributed by atoms with Gasteiger partial charge in [-0.3, -0.25) is 19.3 Å². The van der Waals surface area contributed by atoms with Crippen LogP contribution in [0.25, 0.3) is 0 Å². The topological polar surface area (TPSA) is 88.6 Å². The highest BCUT2D eigenvalue weighted by Crippen LogP contribution is 2.27. The zero-order valence-electron chi connectivity index (χ0n) is 19.4. The Kier molecular flexibility index (Phi) is 7.65. The highest BCUT2D eigenvalue weighted by Gasteiger charge is 2.27. The standard InChI is InChI=1S/C25H34N4O3S/c1-18-21(25(26)32)15-22(29(18)16-20-8-5-13-33-20)23(30)17-27-9-11-28(12-10-27)24(31)14-19-6-3-2-4-7-19/h5,8,13,15,19H,2-4,6-7,9-12,14,16-17H2,1H3,(H2,26,32). The van der Waals surface area contributed by atoms with Gasteiger partial charge in [-0.05, 0) is 43.2 Å². The SMILES string of the molecule is Cc1c(C(N)=O)cc(C(=O)CN2CCN(C(=O)CC3CCCCC3)CC2)n1Cc1cccs1. The molecular formula is C25H34N4O3S. The minimum absolute atomic E-state index is 0.0239. The molecule has 7 nitrogen and oxygen atoms in total. The van der Waals surface area contributed by atoms with Crippen molar-refractivity contribution >= 4 is 28.9 Å². The quantitative estimate of drug-likeness (QED) is 0.600. The van der Waals surface area contributed by atoms with Crippen LogP contribution in [0, 0.1) is 12.8 Å². The van der Waals surface area contributed by atoms with Crippen molar-refractivity contribution in [2.45, 2.75) is 52.0 Å². The van der Waals surface area contributed by atoms with Gasteiger partial charge in [-0.25, -0.2) is 0 Å². The molecule has 1 aliphatic heterocycles. The fourth-order valence-electron chi connectivity index (χ4n) is 5.09. The van der Waals surface area contributed by atoms with E-state index in [1.54, 1.807) is 17.4 Å². The fourth-order valence-corrected chi connectivity index (χ4v) is 5.79. The Labute approximate surface area is 199 Å². The first kappa shape index (κ1) is 23.7. The van der Waals surface area contributed by atoms with E-state index >= 15 is 0 Å². The maximum absolute atomic E-state index is 13.2. The number of carbonyl (C=O) groups is 3. The molecule has 1 aliphatic carbocycles. The maximum atomic E-state index is 13.2. The summed E-state index contributed by atoms with van der Waals surface area (Å²) >= 11 is 1.62. The number of ketones is 1. The molecule has 3 heterocycles. The van der Waals surface area contributed by atoms with Crippen LogP contribution in [-0.4, -0.2) is 64.7 Å². The van der Waals surface area contributed by atoms with Gasteiger partial charge in [-0.2, -0.15) is 0 Å². The van der Waals surface area contributed by atoms with E-state index in [-0.39, 0.29) is 18.2 Å². The second-order valence-corrected chi connectivity index (χ2v) is 10.4. The lowest BCUT2D eigenvalue weighted by Gasteiger charge is -2.35. The molecule has 33 heavy (non-hydrogen) atoms. The van der Waals surface area contributed by atoms with Crippen molar-refractivity contribution in [2.24, 2.45) is 11.7 Å². The molecule has 2 aromatic rings. The van der Waals surface area contributed by atoms with Gasteiger partial charge in [-0.1, -0.05) is 25.3 Å². The van der Waals surface area contributed by atoms with Crippen molar-refractivity contribution in [3.8, 4) is 0 Å². The smallest absolute Gasteiger partial charge is 0.250 e. The Hall–Kier alpha value is -2.45. The number of nitrogens with two attached hydrogens (primary N) is 1. The van der Waals surface area contributed by atoms with Crippen LogP contribution >= 0.6 is 11.3 Å². The van der Waals surface area contributed by atoms with Gasteiger partial charge in [0.05, 0.1) is 24.3 Å². The molecule has 0 radical (unpaired) electrons. The molecule has 178 valence electrons. The van der Waals surface area contributed by atoms with Gasteiger partial charge in [0.2, 0.25) is 5.91 Å². The number of thiophene rings is 1. The third-order valence-electron chi connectivity index (χ3n) is 7.09. The van der Waals surface area contributed by atoms with Crippen LogP contribution < -0.4 is 5.73 Å². The van der Waals surface area contributed by atoms with Crippen molar-refractivity contribution in [1.82, 2.24) is 14.4 Å².